The second-order valence-electron chi connectivity index (χ2n) is 6.00. The highest BCUT2D eigenvalue weighted by Crippen LogP contribution is 2.27. The molecule has 2 aromatic rings. The Hall–Kier alpha value is -1.46. The van der Waals surface area contributed by atoms with Crippen LogP contribution < -0.4 is 5.32 Å². The monoisotopic (exact) mass is 301 g/mol. The molecule has 0 aliphatic carbocycles. The van der Waals surface area contributed by atoms with E-state index in [0.717, 1.165) is 28.7 Å². The molecule has 110 valence electrons. The van der Waals surface area contributed by atoms with Crippen molar-refractivity contribution in [1.29, 1.82) is 0 Å². The van der Waals surface area contributed by atoms with Gasteiger partial charge in [-0.15, -0.1) is 11.3 Å². The minimum atomic E-state index is 0.0581. The number of hydrogen-bond donors (Lipinski definition) is 1. The van der Waals surface area contributed by atoms with Crippen molar-refractivity contribution in [1.82, 2.24) is 15.2 Å². The molecule has 0 saturated carbocycles. The van der Waals surface area contributed by atoms with Gasteiger partial charge in [0.25, 0.3) is 5.91 Å². The fourth-order valence-electron chi connectivity index (χ4n) is 3.66. The molecule has 2 saturated heterocycles. The van der Waals surface area contributed by atoms with Crippen LogP contribution in [0.5, 0.6) is 0 Å². The van der Waals surface area contributed by atoms with Crippen LogP contribution in [0.2, 0.25) is 0 Å². The van der Waals surface area contributed by atoms with Gasteiger partial charge in [-0.3, -0.25) is 9.69 Å². The molecule has 4 nitrogen and oxygen atoms in total. The molecule has 0 radical (unpaired) electrons. The number of carbonyl (C=O) groups is 1. The lowest BCUT2D eigenvalue weighted by molar-refractivity contribution is 0.0915. The molecule has 0 spiro atoms. The van der Waals surface area contributed by atoms with E-state index in [1.54, 1.807) is 11.3 Å². The number of benzene rings is 1. The Labute approximate surface area is 128 Å². The number of piperidine rings is 1. The Kier molecular flexibility index (Phi) is 3.39. The Balaban J connectivity index is 1.50. The summed E-state index contributed by atoms with van der Waals surface area (Å²) in [5.74, 6) is 0.0581. The van der Waals surface area contributed by atoms with Gasteiger partial charge in [0.2, 0.25) is 0 Å². The summed E-state index contributed by atoms with van der Waals surface area (Å²) in [5, 5.41) is 3.25. The average Bonchev–Trinajstić information content (AvgIpc) is 3.13. The van der Waals surface area contributed by atoms with E-state index in [0.29, 0.717) is 12.1 Å². The van der Waals surface area contributed by atoms with Crippen molar-refractivity contribution >= 4 is 27.5 Å². The summed E-state index contributed by atoms with van der Waals surface area (Å²) in [6.45, 7) is 2.33. The molecule has 1 aromatic heterocycles. The van der Waals surface area contributed by atoms with Gasteiger partial charge in [0.1, 0.15) is 0 Å². The fourth-order valence-corrected chi connectivity index (χ4v) is 4.38. The molecule has 1 aromatic carbocycles. The first-order valence-corrected chi connectivity index (χ1v) is 8.57. The largest absolute Gasteiger partial charge is 0.348 e. The van der Waals surface area contributed by atoms with E-state index in [2.05, 4.69) is 15.2 Å². The van der Waals surface area contributed by atoms with E-state index in [-0.39, 0.29) is 5.91 Å². The molecular formula is C16H19N3OS. The van der Waals surface area contributed by atoms with Crippen molar-refractivity contribution in [2.45, 2.75) is 37.8 Å². The van der Waals surface area contributed by atoms with Gasteiger partial charge in [0.05, 0.1) is 15.7 Å². The van der Waals surface area contributed by atoms with Crippen molar-refractivity contribution in [3.63, 3.8) is 0 Å². The highest BCUT2D eigenvalue weighted by molar-refractivity contribution is 7.16. The highest BCUT2D eigenvalue weighted by atomic mass is 32.1. The summed E-state index contributed by atoms with van der Waals surface area (Å²) >= 11 is 1.58. The maximum absolute atomic E-state index is 12.5. The summed E-state index contributed by atoms with van der Waals surface area (Å²) < 4.78 is 1.08. The lowest BCUT2D eigenvalue weighted by Crippen LogP contribution is -2.46. The van der Waals surface area contributed by atoms with E-state index in [1.165, 1.54) is 25.8 Å². The molecule has 4 rings (SSSR count). The molecule has 21 heavy (non-hydrogen) atoms. The molecule has 5 heteroatoms. The number of fused-ring (bicyclic) bond motifs is 2. The molecule has 0 unspecified atom stereocenters. The van der Waals surface area contributed by atoms with Gasteiger partial charge in [-0.25, -0.2) is 4.98 Å². The quantitative estimate of drug-likeness (QED) is 0.927. The molecular weight excluding hydrogens is 282 g/mol. The predicted octanol–water partition coefficient (Wildman–Crippen LogP) is 2.65. The number of rotatable bonds is 2. The number of hydrogen-bond acceptors (Lipinski definition) is 4. The first-order valence-electron chi connectivity index (χ1n) is 7.69. The summed E-state index contributed by atoms with van der Waals surface area (Å²) in [6.07, 6.45) is 4.90. The Morgan fingerprint density at radius 1 is 1.29 bits per heavy atom. The van der Waals surface area contributed by atoms with Gasteiger partial charge in [-0.2, -0.15) is 0 Å². The lowest BCUT2D eigenvalue weighted by Gasteiger charge is -2.32. The second kappa shape index (κ2) is 5.39. The maximum Gasteiger partial charge on any atom is 0.251 e. The number of nitrogens with zero attached hydrogens (tertiary/aromatic N) is 2. The molecule has 2 aliphatic heterocycles. The van der Waals surface area contributed by atoms with Gasteiger partial charge in [-0.05, 0) is 44.0 Å². The average molecular weight is 301 g/mol. The highest BCUT2D eigenvalue weighted by Gasteiger charge is 2.36. The SMILES string of the molecule is O=C(N[C@H]1CCN2CCCC[C@H]12)c1ccc2ncsc2c1. The van der Waals surface area contributed by atoms with Crippen LogP contribution in [-0.4, -0.2) is 41.0 Å². The standard InChI is InChI=1S/C16H19N3OS/c20-16(11-4-5-13-15(9-11)21-10-17-13)18-12-6-8-19-7-2-1-3-14(12)19/h4-5,9-10,12,14H,1-3,6-8H2,(H,18,20)/t12-,14+/m0/s1. The van der Waals surface area contributed by atoms with E-state index in [9.17, 15) is 4.79 Å². The fraction of sp³-hybridized carbons (Fsp3) is 0.500. The normalized spacial score (nSPS) is 25.9. The Morgan fingerprint density at radius 2 is 2.24 bits per heavy atom. The van der Waals surface area contributed by atoms with Crippen molar-refractivity contribution < 1.29 is 4.79 Å². The minimum Gasteiger partial charge on any atom is -0.348 e. The summed E-state index contributed by atoms with van der Waals surface area (Å²) in [6, 6.07) is 6.63. The zero-order chi connectivity index (χ0) is 14.2. The van der Waals surface area contributed by atoms with Crippen LogP contribution in [0.4, 0.5) is 0 Å². The van der Waals surface area contributed by atoms with Gasteiger partial charge in [0.15, 0.2) is 0 Å². The van der Waals surface area contributed by atoms with E-state index < -0.39 is 0 Å². The first kappa shape index (κ1) is 13.2. The molecule has 0 bridgehead atoms. The van der Waals surface area contributed by atoms with Crippen LogP contribution in [0.1, 0.15) is 36.0 Å². The number of nitrogens with one attached hydrogen (secondary N) is 1. The molecule has 1 N–H and O–H groups in total. The second-order valence-corrected chi connectivity index (χ2v) is 6.89. The van der Waals surface area contributed by atoms with E-state index >= 15 is 0 Å². The zero-order valence-electron chi connectivity index (χ0n) is 11.9. The van der Waals surface area contributed by atoms with Crippen molar-refractivity contribution in [2.75, 3.05) is 13.1 Å². The predicted molar refractivity (Wildman–Crippen MR) is 84.7 cm³/mol. The van der Waals surface area contributed by atoms with Crippen LogP contribution in [0.25, 0.3) is 10.2 Å². The third-order valence-electron chi connectivity index (χ3n) is 4.77. The summed E-state index contributed by atoms with van der Waals surface area (Å²) in [5.41, 5.74) is 3.54. The molecule has 2 fully saturated rings. The summed E-state index contributed by atoms with van der Waals surface area (Å²) in [7, 11) is 0. The minimum absolute atomic E-state index is 0.0581. The van der Waals surface area contributed by atoms with E-state index in [1.807, 2.05) is 23.7 Å². The number of amides is 1. The topological polar surface area (TPSA) is 45.2 Å². The number of thiazole rings is 1. The smallest absolute Gasteiger partial charge is 0.251 e. The van der Waals surface area contributed by atoms with Crippen molar-refractivity contribution in [3.05, 3.63) is 29.3 Å². The molecule has 1 amide bonds. The first-order chi connectivity index (χ1) is 10.3. The molecule has 2 aliphatic rings. The third kappa shape index (κ3) is 2.45. The number of aromatic nitrogens is 1. The van der Waals surface area contributed by atoms with Gasteiger partial charge in [0, 0.05) is 24.2 Å². The Bertz CT molecular complexity index is 668. The lowest BCUT2D eigenvalue weighted by atomic mass is 9.99. The maximum atomic E-state index is 12.5. The van der Waals surface area contributed by atoms with Crippen molar-refractivity contribution in [3.8, 4) is 0 Å². The molecule has 3 heterocycles. The van der Waals surface area contributed by atoms with Crippen LogP contribution >= 0.6 is 11.3 Å². The van der Waals surface area contributed by atoms with Crippen LogP contribution in [0.15, 0.2) is 23.7 Å². The van der Waals surface area contributed by atoms with Gasteiger partial charge in [-0.1, -0.05) is 6.42 Å². The van der Waals surface area contributed by atoms with E-state index in [4.69, 9.17) is 0 Å². The van der Waals surface area contributed by atoms with Gasteiger partial charge >= 0.3 is 0 Å². The third-order valence-corrected chi connectivity index (χ3v) is 5.56. The van der Waals surface area contributed by atoms with Crippen LogP contribution in [-0.2, 0) is 0 Å². The zero-order valence-corrected chi connectivity index (χ0v) is 12.7. The van der Waals surface area contributed by atoms with Gasteiger partial charge < -0.3 is 5.32 Å². The van der Waals surface area contributed by atoms with Crippen molar-refractivity contribution in [2.24, 2.45) is 0 Å². The summed E-state index contributed by atoms with van der Waals surface area (Å²) in [4.78, 5) is 19.3. The van der Waals surface area contributed by atoms with Crippen LogP contribution in [0, 0.1) is 0 Å². The van der Waals surface area contributed by atoms with Crippen LogP contribution in [0.3, 0.4) is 0 Å². The Morgan fingerprint density at radius 3 is 3.19 bits per heavy atom. The molecule has 2 atom stereocenters. The number of carbonyl (C=O) groups excluding carboxylic acids is 1.